The summed E-state index contributed by atoms with van der Waals surface area (Å²) in [4.78, 5) is 38.2. The van der Waals surface area contributed by atoms with Crippen LogP contribution in [0.4, 0.5) is 4.79 Å². The Hall–Kier alpha value is -2.61. The van der Waals surface area contributed by atoms with E-state index in [0.717, 1.165) is 5.56 Å². The lowest BCUT2D eigenvalue weighted by molar-refractivity contribution is -0.145. The number of nitrogens with one attached hydrogen (secondary N) is 1. The highest BCUT2D eigenvalue weighted by Crippen LogP contribution is 2.26. The second-order valence-corrected chi connectivity index (χ2v) is 8.34. The van der Waals surface area contributed by atoms with Crippen LogP contribution in [0, 0.1) is 11.8 Å². The number of aliphatic hydroxyl groups is 1. The molecule has 0 radical (unpaired) electrons. The second kappa shape index (κ2) is 9.73. The molecule has 2 amide bonds. The monoisotopic (exact) mass is 406 g/mol. The number of carboxylic acid groups (broad SMARTS) is 1. The molecule has 0 spiro atoms. The van der Waals surface area contributed by atoms with E-state index in [1.165, 1.54) is 4.90 Å². The Morgan fingerprint density at radius 3 is 2.34 bits per heavy atom. The van der Waals surface area contributed by atoms with Crippen LogP contribution in [0.3, 0.4) is 0 Å². The molecule has 0 aromatic heterocycles. The topological polar surface area (TPSA) is 116 Å². The number of ether oxygens (including phenoxy) is 1. The third kappa shape index (κ3) is 6.74. The molecular formula is C21H30N2O6. The van der Waals surface area contributed by atoms with Gasteiger partial charge in [0, 0.05) is 19.7 Å². The maximum Gasteiger partial charge on any atom is 0.410 e. The number of hydrogen-bond donors (Lipinski definition) is 3. The van der Waals surface area contributed by atoms with Gasteiger partial charge in [-0.05, 0) is 39.2 Å². The Bertz CT molecular complexity index is 716. The van der Waals surface area contributed by atoms with Gasteiger partial charge < -0.3 is 25.2 Å². The van der Waals surface area contributed by atoms with Crippen molar-refractivity contribution in [1.82, 2.24) is 10.2 Å². The number of likely N-dealkylation sites (tertiary alicyclic amines) is 1. The summed E-state index contributed by atoms with van der Waals surface area (Å²) in [6.45, 7) is 5.18. The maximum atomic E-state index is 12.9. The Morgan fingerprint density at radius 2 is 1.79 bits per heavy atom. The van der Waals surface area contributed by atoms with E-state index in [1.807, 2.05) is 30.3 Å². The number of nitrogens with zero attached hydrogens (tertiary/aromatic N) is 1. The highest BCUT2D eigenvalue weighted by atomic mass is 16.6. The van der Waals surface area contributed by atoms with Gasteiger partial charge in [-0.2, -0.15) is 0 Å². The molecule has 29 heavy (non-hydrogen) atoms. The van der Waals surface area contributed by atoms with E-state index in [-0.39, 0.29) is 32.0 Å². The summed E-state index contributed by atoms with van der Waals surface area (Å²) < 4.78 is 5.35. The minimum absolute atomic E-state index is 0.00673. The van der Waals surface area contributed by atoms with Gasteiger partial charge >= 0.3 is 12.1 Å². The first-order chi connectivity index (χ1) is 13.6. The molecule has 0 aliphatic carbocycles. The Labute approximate surface area is 170 Å². The van der Waals surface area contributed by atoms with E-state index in [1.54, 1.807) is 20.8 Å². The molecular weight excluding hydrogens is 376 g/mol. The Balaban J connectivity index is 2.13. The average molecular weight is 406 g/mol. The molecule has 1 aliphatic heterocycles. The number of amides is 2. The minimum atomic E-state index is -1.05. The lowest BCUT2D eigenvalue weighted by Crippen LogP contribution is -2.51. The average Bonchev–Trinajstić information content (AvgIpc) is 2.66. The molecule has 1 aliphatic rings. The second-order valence-electron chi connectivity index (χ2n) is 8.34. The van der Waals surface area contributed by atoms with Gasteiger partial charge in [-0.3, -0.25) is 9.59 Å². The fourth-order valence-electron chi connectivity index (χ4n) is 3.37. The molecule has 1 fully saturated rings. The molecule has 2 rings (SSSR count). The van der Waals surface area contributed by atoms with Crippen molar-refractivity contribution in [3.8, 4) is 0 Å². The molecule has 1 heterocycles. The van der Waals surface area contributed by atoms with Crippen molar-refractivity contribution in [2.75, 3.05) is 19.7 Å². The van der Waals surface area contributed by atoms with Gasteiger partial charge in [0.2, 0.25) is 5.91 Å². The zero-order valence-electron chi connectivity index (χ0n) is 17.1. The minimum Gasteiger partial charge on any atom is -0.481 e. The third-order valence-corrected chi connectivity index (χ3v) is 4.76. The standard InChI is InChI=1S/C21H30N2O6/c1-21(2,3)29-20(28)23-12-15(11-16(13-23)19(26)27)18(25)22-17(9-10-24)14-7-5-4-6-8-14/h4-8,15-17,24H,9-13H2,1-3H3,(H,22,25)(H,26,27)/t15-,16+,17?/m0/s1. The first-order valence-corrected chi connectivity index (χ1v) is 9.77. The maximum absolute atomic E-state index is 12.9. The number of carboxylic acids is 1. The number of carbonyl (C=O) groups excluding carboxylic acids is 2. The van der Waals surface area contributed by atoms with E-state index in [4.69, 9.17) is 4.74 Å². The van der Waals surface area contributed by atoms with Gasteiger partial charge in [-0.25, -0.2) is 4.79 Å². The molecule has 1 aromatic rings. The van der Waals surface area contributed by atoms with Gasteiger partial charge in [-0.1, -0.05) is 30.3 Å². The third-order valence-electron chi connectivity index (χ3n) is 4.76. The summed E-state index contributed by atoms with van der Waals surface area (Å²) in [5, 5.41) is 21.7. The van der Waals surface area contributed by atoms with Gasteiger partial charge in [-0.15, -0.1) is 0 Å². The summed E-state index contributed by atoms with van der Waals surface area (Å²) in [6.07, 6.45) is -0.155. The number of aliphatic hydroxyl groups excluding tert-OH is 1. The normalized spacial score (nSPS) is 20.6. The molecule has 3 atom stereocenters. The van der Waals surface area contributed by atoms with Gasteiger partial charge in [0.15, 0.2) is 0 Å². The fourth-order valence-corrected chi connectivity index (χ4v) is 3.37. The quantitative estimate of drug-likeness (QED) is 0.667. The number of hydrogen-bond acceptors (Lipinski definition) is 5. The summed E-state index contributed by atoms with van der Waals surface area (Å²) in [6, 6.07) is 8.87. The predicted octanol–water partition coefficient (Wildman–Crippen LogP) is 2.18. The number of benzene rings is 1. The summed E-state index contributed by atoms with van der Waals surface area (Å²) in [5.41, 5.74) is 0.134. The highest BCUT2D eigenvalue weighted by Gasteiger charge is 2.39. The fraction of sp³-hybridized carbons (Fsp3) is 0.571. The van der Waals surface area contributed by atoms with Crippen LogP contribution in [0.15, 0.2) is 30.3 Å². The summed E-state index contributed by atoms with van der Waals surface area (Å²) >= 11 is 0. The van der Waals surface area contributed by atoms with Crippen molar-refractivity contribution >= 4 is 18.0 Å². The van der Waals surface area contributed by atoms with Crippen molar-refractivity contribution in [2.45, 2.75) is 45.3 Å². The molecule has 0 bridgehead atoms. The summed E-state index contributed by atoms with van der Waals surface area (Å²) in [5.74, 6) is -2.92. The first kappa shape index (κ1) is 22.7. The zero-order valence-corrected chi connectivity index (χ0v) is 17.1. The van der Waals surface area contributed by atoms with Gasteiger partial charge in [0.1, 0.15) is 5.60 Å². The van der Waals surface area contributed by atoms with Crippen LogP contribution in [-0.2, 0) is 14.3 Å². The van der Waals surface area contributed by atoms with E-state index in [0.29, 0.717) is 6.42 Å². The van der Waals surface area contributed by atoms with Crippen LogP contribution < -0.4 is 5.32 Å². The molecule has 1 aromatic carbocycles. The molecule has 160 valence electrons. The smallest absolute Gasteiger partial charge is 0.410 e. The van der Waals surface area contributed by atoms with E-state index in [2.05, 4.69) is 5.32 Å². The Kier molecular flexibility index (Phi) is 7.61. The molecule has 3 N–H and O–H groups in total. The number of carbonyl (C=O) groups is 3. The molecule has 1 saturated heterocycles. The van der Waals surface area contributed by atoms with Crippen LogP contribution in [0.5, 0.6) is 0 Å². The molecule has 8 nitrogen and oxygen atoms in total. The van der Waals surface area contributed by atoms with E-state index in [9.17, 15) is 24.6 Å². The van der Waals surface area contributed by atoms with Gasteiger partial charge in [0.05, 0.1) is 17.9 Å². The Morgan fingerprint density at radius 1 is 1.17 bits per heavy atom. The van der Waals surface area contributed by atoms with Crippen LogP contribution in [-0.4, -0.2) is 58.4 Å². The van der Waals surface area contributed by atoms with Crippen molar-refractivity contribution in [3.63, 3.8) is 0 Å². The number of piperidine rings is 1. The van der Waals surface area contributed by atoms with Crippen LogP contribution in [0.25, 0.3) is 0 Å². The largest absolute Gasteiger partial charge is 0.481 e. The number of rotatable bonds is 6. The summed E-state index contributed by atoms with van der Waals surface area (Å²) in [7, 11) is 0. The SMILES string of the molecule is CC(C)(C)OC(=O)N1C[C@H](C(=O)O)C[C@H](C(=O)NC(CCO)c2ccccc2)C1. The van der Waals surface area contributed by atoms with Crippen molar-refractivity contribution in [1.29, 1.82) is 0 Å². The molecule has 0 saturated carbocycles. The number of aliphatic carboxylic acids is 1. The van der Waals surface area contributed by atoms with E-state index >= 15 is 0 Å². The van der Waals surface area contributed by atoms with Gasteiger partial charge in [0.25, 0.3) is 0 Å². The molecule has 1 unspecified atom stereocenters. The zero-order chi connectivity index (χ0) is 21.6. The van der Waals surface area contributed by atoms with Crippen LogP contribution in [0.2, 0.25) is 0 Å². The van der Waals surface area contributed by atoms with E-state index < -0.39 is 35.5 Å². The lowest BCUT2D eigenvalue weighted by atomic mass is 9.88. The van der Waals surface area contributed by atoms with Crippen LogP contribution in [0.1, 0.15) is 45.2 Å². The van der Waals surface area contributed by atoms with Crippen molar-refractivity contribution in [2.24, 2.45) is 11.8 Å². The lowest BCUT2D eigenvalue weighted by Gasteiger charge is -2.36. The first-order valence-electron chi connectivity index (χ1n) is 9.77. The van der Waals surface area contributed by atoms with Crippen LogP contribution >= 0.6 is 0 Å². The van der Waals surface area contributed by atoms with Crippen molar-refractivity contribution in [3.05, 3.63) is 35.9 Å². The molecule has 8 heteroatoms. The predicted molar refractivity (Wildman–Crippen MR) is 106 cm³/mol. The van der Waals surface area contributed by atoms with Crippen molar-refractivity contribution < 1.29 is 29.3 Å². The highest BCUT2D eigenvalue weighted by molar-refractivity contribution is 5.82.